The number of aromatic nitrogens is 3. The second-order valence-electron chi connectivity index (χ2n) is 27.1. The average molecular weight is 1310 g/mol. The SMILES string of the molecule is c1ccc(-c2ccc(N3c4cc(-c5nc(-c6cc(-c7ccccc7)cc(-c7ccccc7)c6)nc(-c6cc(-c7ccccc7)cc(-c7ccccc7)c6)n5)cc5c4B(c4ccc6cc7ccccc7cc6c43)c3ccc4cc6ccccc6cc4c3N5c3ccc(-c4ccccc4)cc3)cc2)cc1. The molecule has 3 heterocycles. The van der Waals surface area contributed by atoms with Crippen molar-refractivity contribution >= 4 is 100 Å². The van der Waals surface area contributed by atoms with E-state index in [0.29, 0.717) is 17.5 Å². The summed E-state index contributed by atoms with van der Waals surface area (Å²) in [4.78, 5) is 22.6. The summed E-state index contributed by atoms with van der Waals surface area (Å²) in [6.07, 6.45) is 0. The van der Waals surface area contributed by atoms with Gasteiger partial charge >= 0.3 is 0 Å². The number of benzene rings is 17. The lowest BCUT2D eigenvalue weighted by Gasteiger charge is -2.45. The Balaban J connectivity index is 0.917. The van der Waals surface area contributed by atoms with Crippen LogP contribution in [0.4, 0.5) is 34.1 Å². The molecule has 1 aromatic heterocycles. The minimum Gasteiger partial charge on any atom is -0.311 e. The number of rotatable bonds is 11. The Hall–Kier alpha value is -13.5. The topological polar surface area (TPSA) is 45.2 Å². The van der Waals surface area contributed by atoms with E-state index in [1.165, 1.54) is 37.9 Å². The molecule has 18 aromatic rings. The third-order valence-corrected chi connectivity index (χ3v) is 20.9. The van der Waals surface area contributed by atoms with Gasteiger partial charge in [-0.25, -0.2) is 15.0 Å². The van der Waals surface area contributed by atoms with Crippen LogP contribution in [0.1, 0.15) is 0 Å². The Morgan fingerprint density at radius 2 is 0.456 bits per heavy atom. The van der Waals surface area contributed by atoms with Gasteiger partial charge in [-0.15, -0.1) is 0 Å². The van der Waals surface area contributed by atoms with E-state index < -0.39 is 0 Å². The van der Waals surface area contributed by atoms with Crippen LogP contribution in [0.5, 0.6) is 0 Å². The maximum atomic E-state index is 5.87. The van der Waals surface area contributed by atoms with Crippen molar-refractivity contribution in [3.63, 3.8) is 0 Å². The highest BCUT2D eigenvalue weighted by Crippen LogP contribution is 2.51. The first-order chi connectivity index (χ1) is 51.0. The average Bonchev–Trinajstić information content (AvgIpc) is 0.685. The van der Waals surface area contributed by atoms with Crippen molar-refractivity contribution in [2.45, 2.75) is 0 Å². The number of hydrogen-bond acceptors (Lipinski definition) is 5. The maximum Gasteiger partial charge on any atom is 0.252 e. The predicted octanol–water partition coefficient (Wildman–Crippen LogP) is 23.6. The molecule has 0 radical (unpaired) electrons. The number of anilines is 6. The fraction of sp³-hybridized carbons (Fsp3) is 0. The molecule has 0 spiro atoms. The van der Waals surface area contributed by atoms with Crippen LogP contribution in [-0.4, -0.2) is 21.7 Å². The standard InChI is InChI=1S/C97H62BN5/c1-7-23-63(24-8-1)69-39-45-84(46-40-69)102-90-61-83(97-100-95(81-55-77(65-27-11-3-12-28-65)53-78(56-81)66-29-13-4-14-30-66)99-96(101-97)82-57-79(67-31-15-5-16-32-67)54-80(58-82)68-33-17-6-18-34-68)62-91-92(90)98(88-49-43-75-51-71-35-19-21-37-73(71)59-86(75)93(88)102)89-50-44-76-52-72-36-20-22-38-74(72)60-87(76)94(89)103(91)85-47-41-70(42-48-85)64-25-9-2-10-26-64/h1-62H. The van der Waals surface area contributed by atoms with Crippen molar-refractivity contribution in [1.82, 2.24) is 15.0 Å². The Morgan fingerprint density at radius 1 is 0.194 bits per heavy atom. The molecule has 5 nitrogen and oxygen atoms in total. The molecular weight excluding hydrogens is 1250 g/mol. The summed E-state index contributed by atoms with van der Waals surface area (Å²) in [6.45, 7) is -0.228. The van der Waals surface area contributed by atoms with Gasteiger partial charge in [0, 0.05) is 61.6 Å². The van der Waals surface area contributed by atoms with Crippen molar-refractivity contribution in [2.75, 3.05) is 9.80 Å². The molecule has 20 rings (SSSR count). The lowest BCUT2D eigenvalue weighted by molar-refractivity contribution is 1.07. The summed E-state index contributed by atoms with van der Waals surface area (Å²) in [5.41, 5.74) is 25.8. The zero-order chi connectivity index (χ0) is 67.9. The van der Waals surface area contributed by atoms with Gasteiger partial charge in [-0.3, -0.25) is 0 Å². The van der Waals surface area contributed by atoms with Crippen molar-refractivity contribution in [3.05, 3.63) is 376 Å². The largest absolute Gasteiger partial charge is 0.311 e. The summed E-state index contributed by atoms with van der Waals surface area (Å²) in [7, 11) is 0. The highest BCUT2D eigenvalue weighted by atomic mass is 15.2. The molecule has 0 bridgehead atoms. The van der Waals surface area contributed by atoms with Gasteiger partial charge in [-0.2, -0.15) is 0 Å². The molecule has 0 saturated carbocycles. The fourth-order valence-corrected chi connectivity index (χ4v) is 16.0. The van der Waals surface area contributed by atoms with E-state index in [9.17, 15) is 0 Å². The molecule has 0 aliphatic carbocycles. The Bertz CT molecular complexity index is 5840. The van der Waals surface area contributed by atoms with E-state index >= 15 is 0 Å². The molecule has 0 atom stereocenters. The Kier molecular flexibility index (Phi) is 14.3. The van der Waals surface area contributed by atoms with E-state index in [1.807, 2.05) is 0 Å². The molecule has 2 aliphatic rings. The molecule has 0 unspecified atom stereocenters. The lowest BCUT2D eigenvalue weighted by Crippen LogP contribution is -2.61. The highest BCUT2D eigenvalue weighted by molar-refractivity contribution is 7.01. The first-order valence-electron chi connectivity index (χ1n) is 35.3. The first-order valence-corrected chi connectivity index (χ1v) is 35.3. The van der Waals surface area contributed by atoms with Gasteiger partial charge in [0.25, 0.3) is 6.71 Å². The van der Waals surface area contributed by atoms with Crippen molar-refractivity contribution in [3.8, 4) is 101 Å². The van der Waals surface area contributed by atoms with Crippen LogP contribution in [-0.2, 0) is 0 Å². The second kappa shape index (κ2) is 24.7. The molecule has 0 saturated heterocycles. The van der Waals surface area contributed by atoms with Crippen LogP contribution in [0.15, 0.2) is 376 Å². The van der Waals surface area contributed by atoms with Gasteiger partial charge in [0.05, 0.1) is 0 Å². The molecular formula is C97H62BN5. The molecule has 103 heavy (non-hydrogen) atoms. The molecule has 0 amide bonds. The summed E-state index contributed by atoms with van der Waals surface area (Å²) < 4.78 is 0. The van der Waals surface area contributed by atoms with Crippen LogP contribution in [0.2, 0.25) is 0 Å². The van der Waals surface area contributed by atoms with E-state index in [0.717, 1.165) is 139 Å². The van der Waals surface area contributed by atoms with Gasteiger partial charge in [0.1, 0.15) is 0 Å². The van der Waals surface area contributed by atoms with E-state index in [-0.39, 0.29) is 6.71 Å². The third-order valence-electron chi connectivity index (χ3n) is 20.9. The van der Waals surface area contributed by atoms with Crippen LogP contribution in [0.3, 0.4) is 0 Å². The third kappa shape index (κ3) is 10.5. The summed E-state index contributed by atoms with van der Waals surface area (Å²) in [5.74, 6) is 1.65. The highest BCUT2D eigenvalue weighted by Gasteiger charge is 2.45. The summed E-state index contributed by atoms with van der Waals surface area (Å²) in [5, 5.41) is 9.41. The normalized spacial score (nSPS) is 12.2. The zero-order valence-electron chi connectivity index (χ0n) is 56.1. The number of fused-ring (bicyclic) bond motifs is 10. The molecule has 0 N–H and O–H groups in total. The minimum absolute atomic E-state index is 0.228. The summed E-state index contributed by atoms with van der Waals surface area (Å²) in [6, 6.07) is 137. The van der Waals surface area contributed by atoms with E-state index in [2.05, 4.69) is 386 Å². The molecule has 2 aliphatic heterocycles. The first kappa shape index (κ1) is 59.5. The Morgan fingerprint density at radius 3 is 0.777 bits per heavy atom. The van der Waals surface area contributed by atoms with Gasteiger partial charge in [-0.1, -0.05) is 279 Å². The van der Waals surface area contributed by atoms with Crippen LogP contribution in [0, 0.1) is 0 Å². The molecule has 17 aromatic carbocycles. The zero-order valence-corrected chi connectivity index (χ0v) is 56.1. The van der Waals surface area contributed by atoms with Crippen LogP contribution >= 0.6 is 0 Å². The van der Waals surface area contributed by atoms with E-state index in [4.69, 9.17) is 15.0 Å². The van der Waals surface area contributed by atoms with Gasteiger partial charge in [0.2, 0.25) is 0 Å². The van der Waals surface area contributed by atoms with Crippen molar-refractivity contribution < 1.29 is 0 Å². The second-order valence-corrected chi connectivity index (χ2v) is 27.1. The molecule has 478 valence electrons. The quantitative estimate of drug-likeness (QED) is 0.0954. The van der Waals surface area contributed by atoms with Gasteiger partial charge < -0.3 is 9.80 Å². The lowest BCUT2D eigenvalue weighted by atomic mass is 9.33. The van der Waals surface area contributed by atoms with Crippen molar-refractivity contribution in [2.24, 2.45) is 0 Å². The molecule has 6 heteroatoms. The van der Waals surface area contributed by atoms with Gasteiger partial charge in [-0.05, 0) is 213 Å². The smallest absolute Gasteiger partial charge is 0.252 e. The molecule has 0 fully saturated rings. The predicted molar refractivity (Wildman–Crippen MR) is 433 cm³/mol. The van der Waals surface area contributed by atoms with E-state index in [1.54, 1.807) is 0 Å². The summed E-state index contributed by atoms with van der Waals surface area (Å²) >= 11 is 0. The minimum atomic E-state index is -0.228. The monoisotopic (exact) mass is 1310 g/mol. The fourth-order valence-electron chi connectivity index (χ4n) is 16.0. The number of hydrogen-bond donors (Lipinski definition) is 0. The van der Waals surface area contributed by atoms with Crippen molar-refractivity contribution in [1.29, 1.82) is 0 Å². The Labute approximate surface area is 598 Å². The van der Waals surface area contributed by atoms with Crippen LogP contribution < -0.4 is 26.2 Å². The van der Waals surface area contributed by atoms with Gasteiger partial charge in [0.15, 0.2) is 17.5 Å². The van der Waals surface area contributed by atoms with Crippen LogP contribution in [0.25, 0.3) is 144 Å². The maximum absolute atomic E-state index is 5.87. The number of nitrogens with zero attached hydrogens (tertiary/aromatic N) is 5.